The van der Waals surface area contributed by atoms with E-state index in [0.717, 1.165) is 0 Å². The van der Waals surface area contributed by atoms with Crippen LogP contribution < -0.4 is 0 Å². The van der Waals surface area contributed by atoms with Crippen molar-refractivity contribution in [2.75, 3.05) is 0 Å². The van der Waals surface area contributed by atoms with Crippen molar-refractivity contribution in [1.29, 1.82) is 0 Å². The number of hydrogen-bond acceptors (Lipinski definition) is 5. The molecular formula is C13H26O6Si. The molecule has 7 heteroatoms. The van der Waals surface area contributed by atoms with Gasteiger partial charge in [-0.05, 0) is 18.1 Å². The van der Waals surface area contributed by atoms with E-state index in [1.807, 2.05) is 33.9 Å². The minimum Gasteiger partial charge on any atom is -0.479 e. The normalized spacial score (nSPS) is 35.9. The van der Waals surface area contributed by atoms with Crippen LogP contribution in [-0.4, -0.2) is 58.6 Å². The smallest absolute Gasteiger partial charge is 0.335 e. The zero-order valence-electron chi connectivity index (χ0n) is 12.8. The quantitative estimate of drug-likeness (QED) is 0.572. The van der Waals surface area contributed by atoms with Crippen LogP contribution in [0.2, 0.25) is 18.1 Å². The summed E-state index contributed by atoms with van der Waals surface area (Å²) in [4.78, 5) is 11.0. The molecule has 0 aromatic carbocycles. The Hall–Kier alpha value is -0.473. The third kappa shape index (κ3) is 3.40. The van der Waals surface area contributed by atoms with Crippen molar-refractivity contribution in [2.24, 2.45) is 0 Å². The first-order chi connectivity index (χ1) is 8.80. The number of carboxylic acids is 1. The Kier molecular flexibility index (Phi) is 4.73. The molecule has 0 radical (unpaired) electrons. The predicted octanol–water partition coefficient (Wildman–Crippen LogP) is 0.708. The summed E-state index contributed by atoms with van der Waals surface area (Å²) in [5.74, 6) is -1.43. The van der Waals surface area contributed by atoms with E-state index in [-0.39, 0.29) is 17.9 Å². The van der Waals surface area contributed by atoms with E-state index in [9.17, 15) is 20.1 Å². The summed E-state index contributed by atoms with van der Waals surface area (Å²) in [5, 5.41) is 38.9. The van der Waals surface area contributed by atoms with Gasteiger partial charge in [-0.1, -0.05) is 20.8 Å². The van der Waals surface area contributed by atoms with Gasteiger partial charge in [-0.15, -0.1) is 0 Å². The Balaban J connectivity index is 2.88. The maximum absolute atomic E-state index is 11.0. The van der Waals surface area contributed by atoms with E-state index < -0.39 is 38.2 Å². The lowest BCUT2D eigenvalue weighted by Gasteiger charge is -2.46. The molecule has 0 aliphatic heterocycles. The fourth-order valence-electron chi connectivity index (χ4n) is 2.11. The van der Waals surface area contributed by atoms with Crippen LogP contribution in [0, 0.1) is 0 Å². The van der Waals surface area contributed by atoms with Crippen LogP contribution in [0.1, 0.15) is 33.6 Å². The summed E-state index contributed by atoms with van der Waals surface area (Å²) >= 11 is 0. The zero-order valence-corrected chi connectivity index (χ0v) is 13.8. The standard InChI is InChI=1S/C13H26O6Si/c1-12(2,3)20(4,5)19-10-8(14)6-13(18,11(16)17)7-9(10)15/h8-10,14-15,18H,6-7H2,1-5H3,(H,16,17)/t8-,9-,10?,13?/m1/s1. The van der Waals surface area contributed by atoms with Gasteiger partial charge in [-0.3, -0.25) is 0 Å². The zero-order chi connectivity index (χ0) is 15.9. The van der Waals surface area contributed by atoms with Gasteiger partial charge in [0.25, 0.3) is 0 Å². The van der Waals surface area contributed by atoms with Gasteiger partial charge in [0.2, 0.25) is 0 Å². The van der Waals surface area contributed by atoms with Crippen molar-refractivity contribution in [1.82, 2.24) is 0 Å². The second-order valence-corrected chi connectivity index (χ2v) is 12.0. The molecule has 0 aromatic rings. The van der Waals surface area contributed by atoms with Crippen LogP contribution in [0.4, 0.5) is 0 Å². The molecule has 118 valence electrons. The molecule has 1 fully saturated rings. The van der Waals surface area contributed by atoms with E-state index in [4.69, 9.17) is 9.53 Å². The van der Waals surface area contributed by atoms with Crippen molar-refractivity contribution in [3.63, 3.8) is 0 Å². The Morgan fingerprint density at radius 3 is 1.90 bits per heavy atom. The maximum Gasteiger partial charge on any atom is 0.335 e. The molecule has 0 saturated heterocycles. The molecule has 0 heterocycles. The summed E-state index contributed by atoms with van der Waals surface area (Å²) < 4.78 is 5.98. The summed E-state index contributed by atoms with van der Waals surface area (Å²) in [6.07, 6.45) is -3.92. The third-order valence-electron chi connectivity index (χ3n) is 4.49. The predicted molar refractivity (Wildman–Crippen MR) is 75.9 cm³/mol. The van der Waals surface area contributed by atoms with Crippen molar-refractivity contribution in [3.05, 3.63) is 0 Å². The van der Waals surface area contributed by atoms with E-state index >= 15 is 0 Å². The highest BCUT2D eigenvalue weighted by atomic mass is 28.4. The lowest BCUT2D eigenvalue weighted by atomic mass is 9.80. The minimum atomic E-state index is -2.20. The Bertz CT molecular complexity index is 364. The van der Waals surface area contributed by atoms with Crippen molar-refractivity contribution in [2.45, 2.75) is 75.7 Å². The molecule has 1 rings (SSSR count). The number of rotatable bonds is 3. The van der Waals surface area contributed by atoms with Crippen molar-refractivity contribution in [3.8, 4) is 0 Å². The summed E-state index contributed by atoms with van der Waals surface area (Å²) in [7, 11) is -2.20. The highest BCUT2D eigenvalue weighted by Gasteiger charge is 2.51. The van der Waals surface area contributed by atoms with Gasteiger partial charge in [0.05, 0.1) is 18.3 Å². The van der Waals surface area contributed by atoms with Crippen LogP contribution in [0.5, 0.6) is 0 Å². The van der Waals surface area contributed by atoms with E-state index in [1.165, 1.54) is 0 Å². The van der Waals surface area contributed by atoms with Crippen molar-refractivity contribution >= 4 is 14.3 Å². The molecule has 1 aliphatic rings. The average molecular weight is 306 g/mol. The highest BCUT2D eigenvalue weighted by molar-refractivity contribution is 6.74. The van der Waals surface area contributed by atoms with E-state index in [0.29, 0.717) is 0 Å². The lowest BCUT2D eigenvalue weighted by molar-refractivity contribution is -0.185. The molecule has 0 amide bonds. The summed E-state index contributed by atoms with van der Waals surface area (Å²) in [6, 6.07) is 0. The Labute approximate surface area is 120 Å². The topological polar surface area (TPSA) is 107 Å². The Morgan fingerprint density at radius 1 is 1.20 bits per heavy atom. The number of aliphatic hydroxyl groups is 3. The first-order valence-electron chi connectivity index (χ1n) is 6.80. The van der Waals surface area contributed by atoms with Crippen LogP contribution in [0.3, 0.4) is 0 Å². The third-order valence-corrected chi connectivity index (χ3v) is 8.96. The SMILES string of the molecule is CC(C)(C)[Si](C)(C)OC1[C@H](O)CC(O)(C(=O)O)C[C@H]1O. The average Bonchev–Trinajstić information content (AvgIpc) is 2.21. The number of carbonyl (C=O) groups is 1. The molecule has 0 aromatic heterocycles. The van der Waals surface area contributed by atoms with Gasteiger partial charge >= 0.3 is 5.97 Å². The van der Waals surface area contributed by atoms with Gasteiger partial charge in [0.1, 0.15) is 0 Å². The van der Waals surface area contributed by atoms with Crippen molar-refractivity contribution < 1.29 is 29.6 Å². The molecule has 20 heavy (non-hydrogen) atoms. The second-order valence-electron chi connectivity index (χ2n) is 7.22. The van der Waals surface area contributed by atoms with Gasteiger partial charge in [-0.25, -0.2) is 4.79 Å². The Morgan fingerprint density at radius 2 is 1.60 bits per heavy atom. The van der Waals surface area contributed by atoms with Gasteiger partial charge in [0, 0.05) is 12.8 Å². The van der Waals surface area contributed by atoms with Gasteiger partial charge < -0.3 is 24.9 Å². The number of aliphatic hydroxyl groups excluding tert-OH is 2. The lowest BCUT2D eigenvalue weighted by Crippen LogP contribution is -2.60. The monoisotopic (exact) mass is 306 g/mol. The van der Waals surface area contributed by atoms with Crippen LogP contribution >= 0.6 is 0 Å². The van der Waals surface area contributed by atoms with Crippen LogP contribution in [-0.2, 0) is 9.22 Å². The molecule has 2 atom stereocenters. The largest absolute Gasteiger partial charge is 0.479 e. The van der Waals surface area contributed by atoms with Crippen LogP contribution in [0.15, 0.2) is 0 Å². The molecule has 0 bridgehead atoms. The van der Waals surface area contributed by atoms with Gasteiger partial charge in [-0.2, -0.15) is 0 Å². The molecule has 0 unspecified atom stereocenters. The first-order valence-corrected chi connectivity index (χ1v) is 9.71. The fourth-order valence-corrected chi connectivity index (χ4v) is 3.46. The van der Waals surface area contributed by atoms with E-state index in [2.05, 4.69) is 0 Å². The first kappa shape index (κ1) is 17.6. The second kappa shape index (κ2) is 5.38. The molecule has 4 N–H and O–H groups in total. The van der Waals surface area contributed by atoms with Gasteiger partial charge in [0.15, 0.2) is 13.9 Å². The fraction of sp³-hybridized carbons (Fsp3) is 0.923. The number of carboxylic acid groups (broad SMARTS) is 1. The van der Waals surface area contributed by atoms with Crippen LogP contribution in [0.25, 0.3) is 0 Å². The molecule has 1 aliphatic carbocycles. The summed E-state index contributed by atoms with van der Waals surface area (Å²) in [5.41, 5.74) is -2.09. The maximum atomic E-state index is 11.0. The molecule has 0 spiro atoms. The molecular weight excluding hydrogens is 280 g/mol. The molecule has 6 nitrogen and oxygen atoms in total. The highest BCUT2D eigenvalue weighted by Crippen LogP contribution is 2.40. The number of aliphatic carboxylic acids is 1. The van der Waals surface area contributed by atoms with E-state index in [1.54, 1.807) is 0 Å². The molecule has 1 saturated carbocycles. The number of hydrogen-bond donors (Lipinski definition) is 4. The minimum absolute atomic E-state index is 0.0903. The summed E-state index contributed by atoms with van der Waals surface area (Å²) in [6.45, 7) is 10.1.